The highest BCUT2D eigenvalue weighted by Crippen LogP contribution is 2.36. The first-order chi connectivity index (χ1) is 10.7. The molecule has 2 atom stereocenters. The lowest BCUT2D eigenvalue weighted by atomic mass is 10.1. The van der Waals surface area contributed by atoms with Crippen molar-refractivity contribution >= 4 is 32.5 Å². The molecule has 3 nitrogen and oxygen atoms in total. The number of pyridine rings is 1. The van der Waals surface area contributed by atoms with Crippen molar-refractivity contribution < 1.29 is 5.11 Å². The van der Waals surface area contributed by atoms with E-state index in [1.165, 1.54) is 11.1 Å². The molecule has 1 aliphatic rings. The number of hydrogen-bond acceptors (Lipinski definition) is 3. The molecule has 1 aliphatic carbocycles. The summed E-state index contributed by atoms with van der Waals surface area (Å²) in [4.78, 5) is 4.40. The maximum absolute atomic E-state index is 10.4. The van der Waals surface area contributed by atoms with Crippen LogP contribution in [0.15, 0.2) is 59.2 Å². The molecule has 0 unspecified atom stereocenters. The van der Waals surface area contributed by atoms with Crippen molar-refractivity contribution in [2.45, 2.75) is 18.6 Å². The second-order valence-electron chi connectivity index (χ2n) is 5.61. The molecule has 2 aromatic carbocycles. The van der Waals surface area contributed by atoms with Gasteiger partial charge in [0, 0.05) is 28.2 Å². The predicted octanol–water partition coefficient (Wildman–Crippen LogP) is 4.07. The van der Waals surface area contributed by atoms with Crippen LogP contribution in [0.1, 0.15) is 17.2 Å². The number of hydrogen-bond donors (Lipinski definition) is 2. The van der Waals surface area contributed by atoms with Gasteiger partial charge in [0.05, 0.1) is 17.7 Å². The van der Waals surface area contributed by atoms with Crippen LogP contribution < -0.4 is 5.32 Å². The third-order valence-electron chi connectivity index (χ3n) is 4.22. The predicted molar refractivity (Wildman–Crippen MR) is 92.0 cm³/mol. The molecule has 4 rings (SSSR count). The van der Waals surface area contributed by atoms with Crippen LogP contribution in [0.3, 0.4) is 0 Å². The van der Waals surface area contributed by atoms with Gasteiger partial charge in [-0.3, -0.25) is 4.98 Å². The minimum absolute atomic E-state index is 0.0826. The van der Waals surface area contributed by atoms with E-state index >= 15 is 0 Å². The van der Waals surface area contributed by atoms with E-state index in [-0.39, 0.29) is 6.04 Å². The SMILES string of the molecule is O[C@@H]1Cc2ccccc2[C@@H]1Nc1ccnc2ccc(Br)cc12. The van der Waals surface area contributed by atoms with Gasteiger partial charge in [-0.15, -0.1) is 0 Å². The number of nitrogens with one attached hydrogen (secondary N) is 1. The standard InChI is InChI=1S/C18H15BrN2O/c19-12-5-6-15-14(10-12)16(7-8-20-15)21-18-13-4-2-1-3-11(13)9-17(18)22/h1-8,10,17-18,22H,9H2,(H,20,21)/t17-,18+/m1/s1. The van der Waals surface area contributed by atoms with Crippen molar-refractivity contribution in [3.63, 3.8) is 0 Å². The Balaban J connectivity index is 1.77. The van der Waals surface area contributed by atoms with Gasteiger partial charge in [0.2, 0.25) is 0 Å². The molecule has 2 N–H and O–H groups in total. The van der Waals surface area contributed by atoms with Gasteiger partial charge < -0.3 is 10.4 Å². The van der Waals surface area contributed by atoms with E-state index in [2.05, 4.69) is 44.4 Å². The topological polar surface area (TPSA) is 45.1 Å². The Labute approximate surface area is 137 Å². The van der Waals surface area contributed by atoms with Crippen LogP contribution in [0.2, 0.25) is 0 Å². The zero-order valence-corrected chi connectivity index (χ0v) is 13.4. The molecule has 1 heterocycles. The molecule has 3 aromatic rings. The zero-order valence-electron chi connectivity index (χ0n) is 11.8. The Morgan fingerprint density at radius 2 is 2.00 bits per heavy atom. The van der Waals surface area contributed by atoms with E-state index in [1.54, 1.807) is 6.20 Å². The van der Waals surface area contributed by atoms with Crippen LogP contribution in [0.4, 0.5) is 5.69 Å². The van der Waals surface area contributed by atoms with Gasteiger partial charge in [-0.05, 0) is 35.4 Å². The van der Waals surface area contributed by atoms with Crippen molar-refractivity contribution in [2.75, 3.05) is 5.32 Å². The number of aliphatic hydroxyl groups is 1. The Kier molecular flexibility index (Phi) is 3.36. The summed E-state index contributed by atoms with van der Waals surface area (Å²) < 4.78 is 1.02. The quantitative estimate of drug-likeness (QED) is 0.729. The summed E-state index contributed by atoms with van der Waals surface area (Å²) in [5.41, 5.74) is 4.32. The van der Waals surface area contributed by atoms with Crippen molar-refractivity contribution in [2.24, 2.45) is 0 Å². The molecule has 0 bridgehead atoms. The monoisotopic (exact) mass is 354 g/mol. The Bertz CT molecular complexity index is 849. The second kappa shape index (κ2) is 5.38. The van der Waals surface area contributed by atoms with Crippen LogP contribution in [-0.4, -0.2) is 16.2 Å². The molecule has 110 valence electrons. The summed E-state index contributed by atoms with van der Waals surface area (Å²) in [5, 5.41) is 15.0. The average molecular weight is 355 g/mol. The number of fused-ring (bicyclic) bond motifs is 2. The number of nitrogens with zero attached hydrogens (tertiary/aromatic N) is 1. The van der Waals surface area contributed by atoms with E-state index in [1.807, 2.05) is 30.3 Å². The molecular weight excluding hydrogens is 340 g/mol. The molecule has 0 fully saturated rings. The van der Waals surface area contributed by atoms with Crippen molar-refractivity contribution in [1.29, 1.82) is 0 Å². The molecule has 0 amide bonds. The normalized spacial score (nSPS) is 20.1. The van der Waals surface area contributed by atoms with E-state index in [9.17, 15) is 5.11 Å². The van der Waals surface area contributed by atoms with E-state index in [0.717, 1.165) is 21.1 Å². The summed E-state index contributed by atoms with van der Waals surface area (Å²) >= 11 is 3.51. The highest BCUT2D eigenvalue weighted by molar-refractivity contribution is 9.10. The van der Waals surface area contributed by atoms with Gasteiger partial charge in [0.1, 0.15) is 0 Å². The van der Waals surface area contributed by atoms with Gasteiger partial charge in [0.25, 0.3) is 0 Å². The third-order valence-corrected chi connectivity index (χ3v) is 4.71. The smallest absolute Gasteiger partial charge is 0.0823 e. The van der Waals surface area contributed by atoms with Crippen LogP contribution >= 0.6 is 15.9 Å². The fourth-order valence-electron chi connectivity index (χ4n) is 3.16. The van der Waals surface area contributed by atoms with Crippen molar-refractivity contribution in [3.05, 3.63) is 70.3 Å². The summed E-state index contributed by atoms with van der Waals surface area (Å²) in [7, 11) is 0. The molecular formula is C18H15BrN2O. The highest BCUT2D eigenvalue weighted by atomic mass is 79.9. The lowest BCUT2D eigenvalue weighted by molar-refractivity contribution is 0.166. The van der Waals surface area contributed by atoms with Crippen molar-refractivity contribution in [1.82, 2.24) is 4.98 Å². The number of halogens is 1. The molecule has 0 saturated heterocycles. The van der Waals surface area contributed by atoms with Gasteiger partial charge in [0.15, 0.2) is 0 Å². The number of aromatic nitrogens is 1. The van der Waals surface area contributed by atoms with Gasteiger partial charge >= 0.3 is 0 Å². The fourth-order valence-corrected chi connectivity index (χ4v) is 3.52. The van der Waals surface area contributed by atoms with Crippen LogP contribution in [-0.2, 0) is 6.42 Å². The van der Waals surface area contributed by atoms with E-state index in [0.29, 0.717) is 6.42 Å². The Morgan fingerprint density at radius 3 is 2.91 bits per heavy atom. The molecule has 0 saturated carbocycles. The number of rotatable bonds is 2. The van der Waals surface area contributed by atoms with Crippen LogP contribution in [0.25, 0.3) is 10.9 Å². The molecule has 22 heavy (non-hydrogen) atoms. The first-order valence-corrected chi connectivity index (χ1v) is 8.08. The largest absolute Gasteiger partial charge is 0.390 e. The Morgan fingerprint density at radius 1 is 1.14 bits per heavy atom. The molecule has 0 radical (unpaired) electrons. The first-order valence-electron chi connectivity index (χ1n) is 7.29. The van der Waals surface area contributed by atoms with E-state index in [4.69, 9.17) is 0 Å². The molecule has 0 spiro atoms. The summed E-state index contributed by atoms with van der Waals surface area (Å²) in [6.45, 7) is 0. The lowest BCUT2D eigenvalue weighted by Crippen LogP contribution is -2.21. The van der Waals surface area contributed by atoms with Crippen molar-refractivity contribution in [3.8, 4) is 0 Å². The highest BCUT2D eigenvalue weighted by Gasteiger charge is 2.30. The minimum atomic E-state index is -0.409. The second-order valence-corrected chi connectivity index (χ2v) is 6.53. The maximum atomic E-state index is 10.4. The number of anilines is 1. The zero-order chi connectivity index (χ0) is 15.1. The van der Waals surface area contributed by atoms with Gasteiger partial charge in [-0.25, -0.2) is 0 Å². The Hall–Kier alpha value is -1.91. The van der Waals surface area contributed by atoms with Gasteiger partial charge in [-0.1, -0.05) is 40.2 Å². The number of benzene rings is 2. The number of aliphatic hydroxyl groups excluding tert-OH is 1. The summed E-state index contributed by atoms with van der Waals surface area (Å²) in [6.07, 6.45) is 2.08. The molecule has 1 aromatic heterocycles. The molecule has 0 aliphatic heterocycles. The minimum Gasteiger partial charge on any atom is -0.390 e. The average Bonchev–Trinajstić information content (AvgIpc) is 2.84. The summed E-state index contributed by atoms with van der Waals surface area (Å²) in [6, 6.07) is 16.1. The van der Waals surface area contributed by atoms with Gasteiger partial charge in [-0.2, -0.15) is 0 Å². The molecule has 4 heteroatoms. The first kappa shape index (κ1) is 13.7. The maximum Gasteiger partial charge on any atom is 0.0823 e. The fraction of sp³-hybridized carbons (Fsp3) is 0.167. The summed E-state index contributed by atoms with van der Waals surface area (Å²) in [5.74, 6) is 0. The van der Waals surface area contributed by atoms with Crippen LogP contribution in [0, 0.1) is 0 Å². The van der Waals surface area contributed by atoms with Crippen LogP contribution in [0.5, 0.6) is 0 Å². The third kappa shape index (κ3) is 2.28. The van der Waals surface area contributed by atoms with E-state index < -0.39 is 6.10 Å². The lowest BCUT2D eigenvalue weighted by Gasteiger charge is -2.20.